The smallest absolute Gasteiger partial charge is 0.201 e. The van der Waals surface area contributed by atoms with Gasteiger partial charge in [-0.3, -0.25) is 4.57 Å². The van der Waals surface area contributed by atoms with Gasteiger partial charge in [-0.1, -0.05) is 0 Å². The van der Waals surface area contributed by atoms with Gasteiger partial charge >= 0.3 is 0 Å². The third-order valence-corrected chi connectivity index (χ3v) is 4.50. The summed E-state index contributed by atoms with van der Waals surface area (Å²) in [6.45, 7) is 3.89. The van der Waals surface area contributed by atoms with Gasteiger partial charge in [-0.25, -0.2) is 13.8 Å². The number of hydrogen-bond donors (Lipinski definition) is 1. The minimum absolute atomic E-state index is 0.112. The van der Waals surface area contributed by atoms with Crippen LogP contribution in [0.25, 0.3) is 11.0 Å². The highest BCUT2D eigenvalue weighted by molar-refractivity contribution is 7.12. The van der Waals surface area contributed by atoms with Gasteiger partial charge in [0.05, 0.1) is 11.6 Å². The van der Waals surface area contributed by atoms with E-state index >= 15 is 0 Å². The highest BCUT2D eigenvalue weighted by Gasteiger charge is 2.21. The van der Waals surface area contributed by atoms with Gasteiger partial charge in [0.25, 0.3) is 0 Å². The maximum Gasteiger partial charge on any atom is 0.201 e. The van der Waals surface area contributed by atoms with Crippen molar-refractivity contribution in [3.05, 3.63) is 45.7 Å². The van der Waals surface area contributed by atoms with Crippen molar-refractivity contribution in [2.45, 2.75) is 19.9 Å². The van der Waals surface area contributed by atoms with Crippen LogP contribution in [-0.4, -0.2) is 9.55 Å². The first-order chi connectivity index (χ1) is 9.49. The van der Waals surface area contributed by atoms with Crippen LogP contribution in [-0.2, 0) is 0 Å². The molecule has 1 atom stereocenters. The summed E-state index contributed by atoms with van der Waals surface area (Å²) in [6, 6.07) is 6.26. The number of benzene rings is 1. The molecule has 0 saturated carbocycles. The summed E-state index contributed by atoms with van der Waals surface area (Å²) in [5.74, 6) is -1.62. The van der Waals surface area contributed by atoms with E-state index in [4.69, 9.17) is 5.73 Å². The fourth-order valence-corrected chi connectivity index (χ4v) is 3.26. The summed E-state index contributed by atoms with van der Waals surface area (Å²) in [5.41, 5.74) is 6.36. The minimum Gasteiger partial charge on any atom is -0.369 e. The Morgan fingerprint density at radius 3 is 2.65 bits per heavy atom. The van der Waals surface area contributed by atoms with Crippen LogP contribution in [0.2, 0.25) is 0 Å². The summed E-state index contributed by atoms with van der Waals surface area (Å²) in [7, 11) is 0. The number of nitrogens with two attached hydrogens (primary N) is 1. The Morgan fingerprint density at radius 1 is 1.25 bits per heavy atom. The number of imidazole rings is 1. The highest BCUT2D eigenvalue weighted by atomic mass is 32.1. The maximum atomic E-state index is 14.1. The third-order valence-electron chi connectivity index (χ3n) is 3.33. The zero-order chi connectivity index (χ0) is 14.4. The Hall–Kier alpha value is -1.95. The molecule has 0 fully saturated rings. The number of aryl methyl sites for hydroxylation is 1. The van der Waals surface area contributed by atoms with Crippen molar-refractivity contribution in [1.82, 2.24) is 9.55 Å². The van der Waals surface area contributed by atoms with Gasteiger partial charge in [0.15, 0.2) is 11.6 Å². The Morgan fingerprint density at radius 2 is 2.00 bits per heavy atom. The Kier molecular flexibility index (Phi) is 2.97. The van der Waals surface area contributed by atoms with Crippen molar-refractivity contribution in [1.29, 1.82) is 0 Å². The van der Waals surface area contributed by atoms with Crippen molar-refractivity contribution in [3.63, 3.8) is 0 Å². The molecular weight excluding hydrogens is 280 g/mol. The van der Waals surface area contributed by atoms with Crippen molar-refractivity contribution in [2.24, 2.45) is 0 Å². The van der Waals surface area contributed by atoms with Gasteiger partial charge in [0, 0.05) is 9.75 Å². The number of aromatic nitrogens is 2. The Bertz CT molecular complexity index is 791. The molecule has 20 heavy (non-hydrogen) atoms. The number of rotatable bonds is 2. The lowest BCUT2D eigenvalue weighted by Crippen LogP contribution is -2.10. The van der Waals surface area contributed by atoms with Crippen molar-refractivity contribution < 1.29 is 8.78 Å². The molecule has 0 aliphatic rings. The maximum absolute atomic E-state index is 14.1. The van der Waals surface area contributed by atoms with Crippen molar-refractivity contribution in [2.75, 3.05) is 5.73 Å². The number of fused-ring (bicyclic) bond motifs is 1. The summed E-state index contributed by atoms with van der Waals surface area (Å²) >= 11 is 1.60. The predicted molar refractivity (Wildman–Crippen MR) is 76.9 cm³/mol. The van der Waals surface area contributed by atoms with Crippen LogP contribution < -0.4 is 5.73 Å². The average molecular weight is 293 g/mol. The van der Waals surface area contributed by atoms with Crippen LogP contribution in [0.1, 0.15) is 22.7 Å². The number of hydrogen-bond acceptors (Lipinski definition) is 3. The van der Waals surface area contributed by atoms with E-state index in [1.54, 1.807) is 15.9 Å². The first kappa shape index (κ1) is 13.1. The molecule has 2 aromatic heterocycles. The molecule has 0 radical (unpaired) electrons. The number of anilines is 1. The molecule has 6 heteroatoms. The van der Waals surface area contributed by atoms with Gasteiger partial charge in [-0.15, -0.1) is 11.3 Å². The Balaban J connectivity index is 2.25. The Labute approximate surface area is 118 Å². The minimum atomic E-state index is -0.910. The van der Waals surface area contributed by atoms with E-state index < -0.39 is 11.6 Å². The van der Waals surface area contributed by atoms with E-state index in [2.05, 4.69) is 4.98 Å². The lowest BCUT2D eigenvalue weighted by atomic mass is 10.2. The van der Waals surface area contributed by atoms with E-state index in [1.165, 1.54) is 6.07 Å². The van der Waals surface area contributed by atoms with Gasteiger partial charge < -0.3 is 5.73 Å². The molecule has 0 saturated heterocycles. The van der Waals surface area contributed by atoms with E-state index in [9.17, 15) is 8.78 Å². The van der Waals surface area contributed by atoms with Crippen LogP contribution in [0.3, 0.4) is 0 Å². The fourth-order valence-electron chi connectivity index (χ4n) is 2.34. The zero-order valence-electron chi connectivity index (χ0n) is 11.0. The number of nitrogen functional groups attached to an aromatic ring is 1. The molecule has 3 nitrogen and oxygen atoms in total. The predicted octanol–water partition coefficient (Wildman–Crippen LogP) is 3.88. The van der Waals surface area contributed by atoms with E-state index in [0.717, 1.165) is 15.8 Å². The highest BCUT2D eigenvalue weighted by Crippen LogP contribution is 2.32. The first-order valence-electron chi connectivity index (χ1n) is 6.16. The van der Waals surface area contributed by atoms with E-state index in [-0.39, 0.29) is 17.5 Å². The zero-order valence-corrected chi connectivity index (χ0v) is 11.8. The molecule has 0 bridgehead atoms. The van der Waals surface area contributed by atoms with Crippen LogP contribution in [0.5, 0.6) is 0 Å². The second-order valence-electron chi connectivity index (χ2n) is 4.69. The normalized spacial score (nSPS) is 13.0. The standard InChI is InChI=1S/C14H13F2N3S/c1-7-3-6-11(20-7)8(2)19-13-10(18-14(19)17)5-4-9(15)12(13)16/h3-6,8H,1-2H3,(H2,17,18). The molecule has 0 amide bonds. The summed E-state index contributed by atoms with van der Waals surface area (Å²) in [5, 5.41) is 0. The number of nitrogens with zero attached hydrogens (tertiary/aromatic N) is 2. The van der Waals surface area contributed by atoms with Crippen molar-refractivity contribution >= 4 is 28.3 Å². The molecule has 3 aromatic rings. The topological polar surface area (TPSA) is 43.8 Å². The van der Waals surface area contributed by atoms with E-state index in [0.29, 0.717) is 5.52 Å². The second kappa shape index (κ2) is 4.56. The summed E-state index contributed by atoms with van der Waals surface area (Å²) in [4.78, 5) is 6.29. The van der Waals surface area contributed by atoms with E-state index in [1.807, 2.05) is 26.0 Å². The molecule has 1 aromatic carbocycles. The lowest BCUT2D eigenvalue weighted by Gasteiger charge is -2.14. The van der Waals surface area contributed by atoms with Gasteiger partial charge in [-0.2, -0.15) is 0 Å². The summed E-state index contributed by atoms with van der Waals surface area (Å²) < 4.78 is 29.1. The number of halogens is 2. The molecule has 104 valence electrons. The fraction of sp³-hybridized carbons (Fsp3) is 0.214. The van der Waals surface area contributed by atoms with Gasteiger partial charge in [0.1, 0.15) is 5.52 Å². The lowest BCUT2D eigenvalue weighted by molar-refractivity contribution is 0.509. The molecule has 0 spiro atoms. The van der Waals surface area contributed by atoms with Crippen LogP contribution in [0.4, 0.5) is 14.7 Å². The van der Waals surface area contributed by atoms with Gasteiger partial charge in [-0.05, 0) is 38.1 Å². The first-order valence-corrected chi connectivity index (χ1v) is 6.98. The monoisotopic (exact) mass is 293 g/mol. The molecule has 2 N–H and O–H groups in total. The van der Waals surface area contributed by atoms with Crippen LogP contribution in [0, 0.1) is 18.6 Å². The van der Waals surface area contributed by atoms with Crippen LogP contribution in [0.15, 0.2) is 24.3 Å². The molecule has 2 heterocycles. The SMILES string of the molecule is Cc1ccc(C(C)n2c(N)nc3ccc(F)c(F)c32)s1. The van der Waals surface area contributed by atoms with Crippen molar-refractivity contribution in [3.8, 4) is 0 Å². The molecular formula is C14H13F2N3S. The quantitative estimate of drug-likeness (QED) is 0.779. The van der Waals surface area contributed by atoms with Crippen LogP contribution >= 0.6 is 11.3 Å². The van der Waals surface area contributed by atoms with Gasteiger partial charge in [0.2, 0.25) is 5.95 Å². The number of thiophene rings is 1. The molecule has 1 unspecified atom stereocenters. The molecule has 3 rings (SSSR count). The summed E-state index contributed by atoms with van der Waals surface area (Å²) in [6.07, 6.45) is 0. The molecule has 0 aliphatic heterocycles. The third kappa shape index (κ3) is 1.87. The largest absolute Gasteiger partial charge is 0.369 e. The second-order valence-corrected chi connectivity index (χ2v) is 6.01. The average Bonchev–Trinajstić information content (AvgIpc) is 2.97. The molecule has 0 aliphatic carbocycles.